The van der Waals surface area contributed by atoms with Crippen molar-refractivity contribution in [2.24, 2.45) is 5.92 Å². The molecule has 3 atom stereocenters. The van der Waals surface area contributed by atoms with Gasteiger partial charge in [0.25, 0.3) is 0 Å². The van der Waals surface area contributed by atoms with E-state index >= 15 is 0 Å². The van der Waals surface area contributed by atoms with Gasteiger partial charge in [-0.25, -0.2) is 9.59 Å². The summed E-state index contributed by atoms with van der Waals surface area (Å²) in [6.07, 6.45) is 1.28. The van der Waals surface area contributed by atoms with E-state index in [9.17, 15) is 0 Å². The molecule has 2 aliphatic heterocycles. The molecule has 3 unspecified atom stereocenters. The Bertz CT molecular complexity index is 481. The van der Waals surface area contributed by atoms with E-state index in [0.717, 1.165) is 12.5 Å². The second-order valence-corrected chi connectivity index (χ2v) is 5.07. The third-order valence-corrected chi connectivity index (χ3v) is 3.50. The molecule has 3 heterocycles. The summed E-state index contributed by atoms with van der Waals surface area (Å²) in [6.45, 7) is 3.55. The average molecular weight is 334 g/mol. The third-order valence-electron chi connectivity index (χ3n) is 3.18. The molecule has 0 saturated carbocycles. The van der Waals surface area contributed by atoms with E-state index in [1.165, 1.54) is 19.5 Å². The maximum absolute atomic E-state index is 9.10. The predicted molar refractivity (Wildman–Crippen MR) is 64.4 cm³/mol. The van der Waals surface area contributed by atoms with Crippen LogP contribution in [0.2, 0.25) is 0 Å². The zero-order valence-corrected chi connectivity index (χ0v) is 11.4. The largest absolute Gasteiger partial charge is 0.473 e. The molecule has 9 nitrogen and oxygen atoms in total. The number of hydrogen-bond acceptors (Lipinski definition) is 6. The number of tetrazole rings is 1. The molecule has 0 aromatic carbocycles. The predicted octanol–water partition coefficient (Wildman–Crippen LogP) is -0.532. The van der Waals surface area contributed by atoms with Crippen LogP contribution in [0.1, 0.15) is 12.5 Å². The lowest BCUT2D eigenvalue weighted by atomic mass is 10.0. The van der Waals surface area contributed by atoms with Gasteiger partial charge < -0.3 is 15.1 Å². The van der Waals surface area contributed by atoms with Gasteiger partial charge in [0.15, 0.2) is 0 Å². The van der Waals surface area contributed by atoms with Crippen LogP contribution < -0.4 is 0 Å². The van der Waals surface area contributed by atoms with Gasteiger partial charge in [0.2, 0.25) is 4.73 Å². The van der Waals surface area contributed by atoms with Crippen LogP contribution in [0.5, 0.6) is 0 Å². The lowest BCUT2D eigenvalue weighted by Crippen LogP contribution is -2.27. The molecule has 3 rings (SSSR count). The minimum atomic E-state index is -1.82. The highest BCUT2D eigenvalue weighted by atomic mass is 79.9. The van der Waals surface area contributed by atoms with E-state index in [0.29, 0.717) is 10.8 Å². The molecule has 10 heteroatoms. The van der Waals surface area contributed by atoms with Crippen molar-refractivity contribution >= 4 is 27.9 Å². The Morgan fingerprint density at radius 2 is 1.95 bits per heavy atom. The molecule has 0 aliphatic carbocycles. The molecular weight excluding hydrogens is 322 g/mol. The fourth-order valence-electron chi connectivity index (χ4n) is 2.37. The Kier molecular flexibility index (Phi) is 4.10. The SMILES string of the molecule is Brc1nnn(C2CN3CCC2C3)n1.O=C(O)C(=O)O. The second kappa shape index (κ2) is 5.61. The van der Waals surface area contributed by atoms with Crippen LogP contribution in [-0.2, 0) is 9.59 Å². The minimum Gasteiger partial charge on any atom is -0.473 e. The van der Waals surface area contributed by atoms with Crippen LogP contribution in [0, 0.1) is 5.92 Å². The van der Waals surface area contributed by atoms with Crippen molar-refractivity contribution in [3.05, 3.63) is 4.73 Å². The first kappa shape index (κ1) is 13.9. The van der Waals surface area contributed by atoms with Gasteiger partial charge in [-0.1, -0.05) is 0 Å². The maximum atomic E-state index is 9.10. The number of nitrogens with zero attached hydrogens (tertiary/aromatic N) is 5. The lowest BCUT2D eigenvalue weighted by molar-refractivity contribution is -0.159. The fraction of sp³-hybridized carbons (Fsp3) is 0.667. The van der Waals surface area contributed by atoms with E-state index in [-0.39, 0.29) is 0 Å². The molecule has 1 aromatic rings. The molecule has 0 radical (unpaired) electrons. The minimum absolute atomic E-state index is 0.451. The van der Waals surface area contributed by atoms with E-state index in [1.54, 1.807) is 4.80 Å². The van der Waals surface area contributed by atoms with Crippen LogP contribution in [-0.4, -0.2) is 66.9 Å². The van der Waals surface area contributed by atoms with Crippen LogP contribution >= 0.6 is 15.9 Å². The van der Waals surface area contributed by atoms with Crippen molar-refractivity contribution in [1.82, 2.24) is 25.1 Å². The number of aromatic nitrogens is 4. The Labute approximate surface area is 116 Å². The first-order valence-corrected chi connectivity index (χ1v) is 6.40. The summed E-state index contributed by atoms with van der Waals surface area (Å²) < 4.78 is 0.588. The van der Waals surface area contributed by atoms with Crippen LogP contribution in [0.4, 0.5) is 0 Å². The van der Waals surface area contributed by atoms with E-state index in [2.05, 4.69) is 36.2 Å². The third kappa shape index (κ3) is 3.26. The van der Waals surface area contributed by atoms with Gasteiger partial charge >= 0.3 is 11.9 Å². The number of carboxylic acids is 2. The monoisotopic (exact) mass is 333 g/mol. The molecule has 2 N–H and O–H groups in total. The molecule has 2 fully saturated rings. The fourth-order valence-corrected chi connectivity index (χ4v) is 2.60. The molecule has 0 spiro atoms. The first-order chi connectivity index (χ1) is 8.97. The number of carboxylic acid groups (broad SMARTS) is 2. The molecule has 2 aliphatic rings. The highest BCUT2D eigenvalue weighted by molar-refractivity contribution is 9.10. The topological polar surface area (TPSA) is 121 Å². The number of halogens is 1. The summed E-state index contributed by atoms with van der Waals surface area (Å²) >= 11 is 3.21. The van der Waals surface area contributed by atoms with Crippen molar-refractivity contribution in [3.8, 4) is 0 Å². The zero-order valence-electron chi connectivity index (χ0n) is 9.81. The molecule has 2 saturated heterocycles. The van der Waals surface area contributed by atoms with Crippen LogP contribution in [0.25, 0.3) is 0 Å². The van der Waals surface area contributed by atoms with E-state index in [1.807, 2.05) is 0 Å². The molecule has 1 aromatic heterocycles. The number of aliphatic carboxylic acids is 2. The van der Waals surface area contributed by atoms with Gasteiger partial charge in [0.05, 0.1) is 6.04 Å². The zero-order chi connectivity index (χ0) is 14.0. The standard InChI is InChI=1S/C7H10BrN5.C2H2O4/c8-7-9-11-13(10-7)6-4-12-2-1-5(6)3-12;3-1(4)2(5)6/h5-6H,1-4H2;(H,3,4)(H,5,6). The van der Waals surface area contributed by atoms with Crippen molar-refractivity contribution < 1.29 is 19.8 Å². The van der Waals surface area contributed by atoms with Gasteiger partial charge in [0, 0.05) is 13.1 Å². The number of piperidine rings is 1. The lowest BCUT2D eigenvalue weighted by Gasteiger charge is -2.20. The van der Waals surface area contributed by atoms with Crippen molar-refractivity contribution in [2.75, 3.05) is 19.6 Å². The van der Waals surface area contributed by atoms with Crippen molar-refractivity contribution in [2.45, 2.75) is 12.5 Å². The summed E-state index contributed by atoms with van der Waals surface area (Å²) in [6, 6.07) is 0.451. The van der Waals surface area contributed by atoms with Crippen molar-refractivity contribution in [3.63, 3.8) is 0 Å². The normalized spacial score (nSPS) is 27.7. The smallest absolute Gasteiger partial charge is 0.414 e. The summed E-state index contributed by atoms with van der Waals surface area (Å²) in [7, 11) is 0. The molecule has 104 valence electrons. The quantitative estimate of drug-likeness (QED) is 0.657. The number of rotatable bonds is 1. The first-order valence-electron chi connectivity index (χ1n) is 5.61. The van der Waals surface area contributed by atoms with E-state index in [4.69, 9.17) is 19.8 Å². The van der Waals surface area contributed by atoms with Crippen molar-refractivity contribution in [1.29, 1.82) is 0 Å². The highest BCUT2D eigenvalue weighted by Gasteiger charge is 2.40. The molecule has 19 heavy (non-hydrogen) atoms. The summed E-state index contributed by atoms with van der Waals surface area (Å²) in [4.78, 5) is 22.4. The van der Waals surface area contributed by atoms with Gasteiger partial charge in [0.1, 0.15) is 0 Å². The van der Waals surface area contributed by atoms with E-state index < -0.39 is 11.9 Å². The van der Waals surface area contributed by atoms with Gasteiger partial charge in [-0.15, -0.1) is 10.2 Å². The molecule has 2 bridgehead atoms. The van der Waals surface area contributed by atoms with Gasteiger partial charge in [-0.05, 0) is 40.0 Å². The molecular formula is C9H12BrN5O4. The summed E-state index contributed by atoms with van der Waals surface area (Å²) in [5, 5.41) is 26.8. The Morgan fingerprint density at radius 1 is 1.26 bits per heavy atom. The van der Waals surface area contributed by atoms with Crippen LogP contribution in [0.15, 0.2) is 4.73 Å². The number of hydrogen-bond donors (Lipinski definition) is 2. The summed E-state index contributed by atoms with van der Waals surface area (Å²) in [5.74, 6) is -2.91. The number of carbonyl (C=O) groups is 2. The maximum Gasteiger partial charge on any atom is 0.414 e. The second-order valence-electron chi connectivity index (χ2n) is 4.36. The summed E-state index contributed by atoms with van der Waals surface area (Å²) in [5.41, 5.74) is 0. The van der Waals surface area contributed by atoms with Gasteiger partial charge in [-0.2, -0.15) is 4.80 Å². The molecule has 0 amide bonds. The van der Waals surface area contributed by atoms with Crippen LogP contribution in [0.3, 0.4) is 0 Å². The Hall–Kier alpha value is -1.55. The number of fused-ring (bicyclic) bond motifs is 2. The highest BCUT2D eigenvalue weighted by Crippen LogP contribution is 2.35. The average Bonchev–Trinajstić information content (AvgIpc) is 3.04. The Morgan fingerprint density at radius 3 is 2.32 bits per heavy atom. The Balaban J connectivity index is 0.000000192. The van der Waals surface area contributed by atoms with Gasteiger partial charge in [-0.3, -0.25) is 0 Å².